The summed E-state index contributed by atoms with van der Waals surface area (Å²) in [6.07, 6.45) is -8.14. The second kappa shape index (κ2) is 7.24. The van der Waals surface area contributed by atoms with Gasteiger partial charge in [0, 0.05) is 19.4 Å². The van der Waals surface area contributed by atoms with E-state index in [1.807, 2.05) is 0 Å². The third-order valence-corrected chi connectivity index (χ3v) is 3.49. The maximum absolute atomic E-state index is 13.4. The first-order valence-electron chi connectivity index (χ1n) is 6.82. The third kappa shape index (κ3) is 3.71. The van der Waals surface area contributed by atoms with Crippen molar-refractivity contribution >= 4 is 0 Å². The van der Waals surface area contributed by atoms with Crippen LogP contribution in [0.4, 0.5) is 52.7 Å². The molecule has 0 aliphatic carbocycles. The molecule has 0 aromatic carbocycles. The van der Waals surface area contributed by atoms with Crippen LogP contribution < -0.4 is 0 Å². The molecule has 0 saturated heterocycles. The first-order chi connectivity index (χ1) is 11.3. The van der Waals surface area contributed by atoms with Gasteiger partial charge in [-0.1, -0.05) is 6.92 Å². The van der Waals surface area contributed by atoms with Gasteiger partial charge in [-0.05, 0) is 6.42 Å². The highest BCUT2D eigenvalue weighted by atomic mass is 19.4. The van der Waals surface area contributed by atoms with Crippen molar-refractivity contribution < 1.29 is 62.9 Å². The molecular weight excluding hydrogens is 404 g/mol. The topological polar surface area (TPSA) is 40.5 Å². The van der Waals surface area contributed by atoms with Crippen molar-refractivity contribution in [2.45, 2.75) is 67.8 Å². The molecule has 0 radical (unpaired) electrons. The second-order valence-electron chi connectivity index (χ2n) is 5.45. The Hall–Kier alpha value is -0.920. The lowest BCUT2D eigenvalue weighted by atomic mass is 9.88. The van der Waals surface area contributed by atoms with Crippen LogP contribution in [0.3, 0.4) is 0 Å². The van der Waals surface area contributed by atoms with Crippen LogP contribution in [0.2, 0.25) is 0 Å². The molecule has 1 unspecified atom stereocenters. The minimum atomic E-state index is -7.64. The molecule has 1 atom stereocenters. The molecule has 0 heterocycles. The van der Waals surface area contributed by atoms with Gasteiger partial charge in [-0.2, -0.15) is 52.7 Å². The molecule has 0 rings (SSSR count). The molecule has 0 amide bonds. The van der Waals surface area contributed by atoms with Crippen LogP contribution in [0.15, 0.2) is 0 Å². The molecule has 0 spiro atoms. The minimum Gasteiger partial charge on any atom is -0.396 e. The molecule has 0 bridgehead atoms. The van der Waals surface area contributed by atoms with Crippen molar-refractivity contribution in [2.24, 2.45) is 0 Å². The molecule has 0 aromatic heterocycles. The number of rotatable bonds is 10. The van der Waals surface area contributed by atoms with Gasteiger partial charge < -0.3 is 10.2 Å². The zero-order chi connectivity index (χ0) is 21.4. The summed E-state index contributed by atoms with van der Waals surface area (Å²) in [5, 5.41) is 17.0. The van der Waals surface area contributed by atoms with Crippen molar-refractivity contribution in [3.63, 3.8) is 0 Å². The lowest BCUT2D eigenvalue weighted by molar-refractivity contribution is -0.426. The third-order valence-electron chi connectivity index (χ3n) is 3.49. The first kappa shape index (κ1) is 25.1. The maximum atomic E-state index is 13.4. The highest BCUT2D eigenvalue weighted by Crippen LogP contribution is 2.61. The van der Waals surface area contributed by atoms with E-state index in [0.29, 0.717) is 0 Å². The minimum absolute atomic E-state index is 0.710. The summed E-state index contributed by atoms with van der Waals surface area (Å²) in [6.45, 7) is -0.991. The van der Waals surface area contributed by atoms with Crippen LogP contribution in [0.5, 0.6) is 0 Å². The molecule has 26 heavy (non-hydrogen) atoms. The largest absolute Gasteiger partial charge is 0.396 e. The lowest BCUT2D eigenvalue weighted by Crippen LogP contribution is -2.70. The monoisotopic (exact) mass is 418 g/mol. The van der Waals surface area contributed by atoms with Gasteiger partial charge in [0.1, 0.15) is 0 Å². The lowest BCUT2D eigenvalue weighted by Gasteiger charge is -2.41. The summed E-state index contributed by atoms with van der Waals surface area (Å²) >= 11 is 0. The highest BCUT2D eigenvalue weighted by molar-refractivity contribution is 5.11. The van der Waals surface area contributed by atoms with Crippen LogP contribution in [0, 0.1) is 0 Å². The Kier molecular flexibility index (Phi) is 6.99. The number of alkyl halides is 12. The van der Waals surface area contributed by atoms with Crippen LogP contribution in [-0.2, 0) is 0 Å². The molecule has 0 aliphatic rings. The molecule has 2 N–H and O–H groups in total. The van der Waals surface area contributed by atoms with E-state index in [1.165, 1.54) is 0 Å². The Bertz CT molecular complexity index is 477. The summed E-state index contributed by atoms with van der Waals surface area (Å²) in [4.78, 5) is 0. The molecule has 2 nitrogen and oxygen atoms in total. The van der Waals surface area contributed by atoms with Gasteiger partial charge in [0.05, 0.1) is 6.10 Å². The van der Waals surface area contributed by atoms with E-state index in [2.05, 4.69) is 0 Å². The Morgan fingerprint density at radius 2 is 1.00 bits per heavy atom. The van der Waals surface area contributed by atoms with Crippen molar-refractivity contribution in [1.29, 1.82) is 0 Å². The summed E-state index contributed by atoms with van der Waals surface area (Å²) < 4.78 is 159. The molecule has 0 fully saturated rings. The van der Waals surface area contributed by atoms with Gasteiger partial charge >= 0.3 is 35.5 Å². The van der Waals surface area contributed by atoms with Crippen LogP contribution in [0.1, 0.15) is 26.2 Å². The Labute approximate surface area is 138 Å². The fourth-order valence-corrected chi connectivity index (χ4v) is 1.72. The van der Waals surface area contributed by atoms with Crippen molar-refractivity contribution in [2.75, 3.05) is 6.61 Å². The molecule has 0 aliphatic heterocycles. The summed E-state index contributed by atoms with van der Waals surface area (Å²) in [6, 6.07) is 0. The molecule has 158 valence electrons. The van der Waals surface area contributed by atoms with Crippen LogP contribution in [-0.4, -0.2) is 58.5 Å². The highest BCUT2D eigenvalue weighted by Gasteiger charge is 2.89. The summed E-state index contributed by atoms with van der Waals surface area (Å²) in [5.74, 6) is -42.0. The smallest absolute Gasteiger partial charge is 0.384 e. The van der Waals surface area contributed by atoms with E-state index in [1.54, 1.807) is 0 Å². The molecule has 0 aromatic rings. The van der Waals surface area contributed by atoms with Gasteiger partial charge in [0.25, 0.3) is 0 Å². The molecule has 0 saturated carbocycles. The predicted octanol–water partition coefficient (Wildman–Crippen LogP) is 4.34. The zero-order valence-electron chi connectivity index (χ0n) is 12.8. The number of aliphatic hydroxyl groups is 2. The Balaban J connectivity index is 6.18. The standard InChI is InChI=1S/C12H14F12O2/c1-2-6(26)5-8(15,16)10(19,20)12(23,24)11(21,22)9(17,18)7(13,14)3-4-25/h6,25-26H,2-5H2,1H3. The number of halogens is 12. The van der Waals surface area contributed by atoms with Gasteiger partial charge in [-0.15, -0.1) is 0 Å². The van der Waals surface area contributed by atoms with Gasteiger partial charge in [0.2, 0.25) is 0 Å². The summed E-state index contributed by atoms with van der Waals surface area (Å²) in [7, 11) is 0. The SMILES string of the molecule is CCC(O)CC(F)(F)C(F)(F)C(F)(F)C(F)(F)C(F)(F)C(F)(F)CCO. The van der Waals surface area contributed by atoms with Crippen molar-refractivity contribution in [3.8, 4) is 0 Å². The average Bonchev–Trinajstić information content (AvgIpc) is 2.45. The molecule has 14 heteroatoms. The van der Waals surface area contributed by atoms with Gasteiger partial charge in [0.15, 0.2) is 0 Å². The van der Waals surface area contributed by atoms with E-state index in [4.69, 9.17) is 10.2 Å². The van der Waals surface area contributed by atoms with E-state index >= 15 is 0 Å². The number of aliphatic hydroxyl groups excluding tert-OH is 2. The first-order valence-corrected chi connectivity index (χ1v) is 6.82. The fraction of sp³-hybridized carbons (Fsp3) is 1.00. The van der Waals surface area contributed by atoms with E-state index in [0.717, 1.165) is 6.92 Å². The van der Waals surface area contributed by atoms with E-state index < -0.39 is 67.5 Å². The fourth-order valence-electron chi connectivity index (χ4n) is 1.72. The predicted molar refractivity (Wildman–Crippen MR) is 62.3 cm³/mol. The second-order valence-corrected chi connectivity index (χ2v) is 5.45. The van der Waals surface area contributed by atoms with E-state index in [9.17, 15) is 52.7 Å². The van der Waals surface area contributed by atoms with Crippen molar-refractivity contribution in [1.82, 2.24) is 0 Å². The Morgan fingerprint density at radius 1 is 0.654 bits per heavy atom. The van der Waals surface area contributed by atoms with Gasteiger partial charge in [-0.3, -0.25) is 0 Å². The number of hydrogen-bond acceptors (Lipinski definition) is 2. The van der Waals surface area contributed by atoms with Crippen LogP contribution in [0.25, 0.3) is 0 Å². The zero-order valence-corrected chi connectivity index (χ0v) is 12.8. The maximum Gasteiger partial charge on any atom is 0.384 e. The normalized spacial score (nSPS) is 16.7. The molecular formula is C12H14F12O2. The van der Waals surface area contributed by atoms with Crippen LogP contribution >= 0.6 is 0 Å². The summed E-state index contributed by atoms with van der Waals surface area (Å²) in [5.41, 5.74) is 0. The average molecular weight is 418 g/mol. The number of hydrogen-bond donors (Lipinski definition) is 2. The van der Waals surface area contributed by atoms with E-state index in [-0.39, 0.29) is 0 Å². The van der Waals surface area contributed by atoms with Crippen molar-refractivity contribution in [3.05, 3.63) is 0 Å². The Morgan fingerprint density at radius 3 is 1.31 bits per heavy atom. The van der Waals surface area contributed by atoms with Gasteiger partial charge in [-0.25, -0.2) is 0 Å². The quantitative estimate of drug-likeness (QED) is 0.519.